The Morgan fingerprint density at radius 2 is 2.10 bits per heavy atom. The lowest BCUT2D eigenvalue weighted by Crippen LogP contribution is -2.19. The van der Waals surface area contributed by atoms with E-state index in [0.29, 0.717) is 18.5 Å². The minimum absolute atomic E-state index is 0.0281. The maximum Gasteiger partial charge on any atom is 0.224 e. The van der Waals surface area contributed by atoms with Crippen LogP contribution < -0.4 is 5.32 Å². The monoisotopic (exact) mass is 341 g/mol. The smallest absolute Gasteiger partial charge is 0.224 e. The van der Waals surface area contributed by atoms with Crippen molar-refractivity contribution >= 4 is 27.5 Å². The Kier molecular flexibility index (Phi) is 5.58. The average Bonchev–Trinajstić information content (AvgIpc) is 2.42. The molecule has 0 aromatic heterocycles. The zero-order valence-corrected chi connectivity index (χ0v) is 13.4. The van der Waals surface area contributed by atoms with Gasteiger partial charge in [0, 0.05) is 22.5 Å². The van der Waals surface area contributed by atoms with Crippen LogP contribution in [0, 0.1) is 5.82 Å². The Morgan fingerprint density at radius 1 is 1.30 bits per heavy atom. The number of aryl methyl sites for hydroxylation is 1. The summed E-state index contributed by atoms with van der Waals surface area (Å²) in [6, 6.07) is 3.37. The molecule has 0 saturated heterocycles. The van der Waals surface area contributed by atoms with Gasteiger partial charge in [0.1, 0.15) is 5.82 Å². The van der Waals surface area contributed by atoms with E-state index in [0.717, 1.165) is 24.0 Å². The summed E-state index contributed by atoms with van der Waals surface area (Å²) >= 11 is 3.60. The standard InChI is InChI=1S/C16H21BrFNO/c1-2-3-4-5-6-13(17)12-9-11-7-8-16(20)19-15(11)10-14(12)18/h9-10,13H,2-8H2,1H3,(H,19,20). The molecule has 0 spiro atoms. The fourth-order valence-corrected chi connectivity index (χ4v) is 3.24. The van der Waals surface area contributed by atoms with Gasteiger partial charge >= 0.3 is 0 Å². The molecule has 0 bridgehead atoms. The number of fused-ring (bicyclic) bond motifs is 1. The van der Waals surface area contributed by atoms with Gasteiger partial charge in [-0.1, -0.05) is 48.5 Å². The van der Waals surface area contributed by atoms with E-state index < -0.39 is 0 Å². The number of amides is 1. The summed E-state index contributed by atoms with van der Waals surface area (Å²) in [5, 5.41) is 2.73. The van der Waals surface area contributed by atoms with Gasteiger partial charge in [-0.3, -0.25) is 4.79 Å². The first-order chi connectivity index (χ1) is 9.61. The van der Waals surface area contributed by atoms with E-state index in [9.17, 15) is 9.18 Å². The number of unbranched alkanes of at least 4 members (excludes halogenated alkanes) is 3. The quantitative estimate of drug-likeness (QED) is 0.564. The summed E-state index contributed by atoms with van der Waals surface area (Å²) in [5.74, 6) is -0.261. The van der Waals surface area contributed by atoms with Gasteiger partial charge in [0.25, 0.3) is 0 Å². The Morgan fingerprint density at radius 3 is 2.85 bits per heavy atom. The summed E-state index contributed by atoms with van der Waals surface area (Å²) < 4.78 is 14.1. The third-order valence-corrected chi connectivity index (χ3v) is 4.72. The van der Waals surface area contributed by atoms with Crippen LogP contribution >= 0.6 is 15.9 Å². The van der Waals surface area contributed by atoms with E-state index in [4.69, 9.17) is 0 Å². The van der Waals surface area contributed by atoms with E-state index in [1.807, 2.05) is 6.07 Å². The normalized spacial score (nSPS) is 15.7. The van der Waals surface area contributed by atoms with E-state index in [-0.39, 0.29) is 16.6 Å². The zero-order valence-electron chi connectivity index (χ0n) is 11.8. The maximum atomic E-state index is 14.1. The van der Waals surface area contributed by atoms with Crippen LogP contribution in [0.25, 0.3) is 0 Å². The molecule has 1 amide bonds. The van der Waals surface area contributed by atoms with Gasteiger partial charge in [-0.25, -0.2) is 4.39 Å². The summed E-state index contributed by atoms with van der Waals surface area (Å²) in [6.07, 6.45) is 6.88. The predicted octanol–water partition coefficient (Wildman–Crippen LogP) is 5.12. The molecule has 1 atom stereocenters. The topological polar surface area (TPSA) is 29.1 Å². The van der Waals surface area contributed by atoms with Crippen molar-refractivity contribution < 1.29 is 9.18 Å². The highest BCUT2D eigenvalue weighted by molar-refractivity contribution is 9.09. The minimum Gasteiger partial charge on any atom is -0.326 e. The molecule has 1 heterocycles. The first-order valence-electron chi connectivity index (χ1n) is 7.38. The lowest BCUT2D eigenvalue weighted by molar-refractivity contribution is -0.116. The van der Waals surface area contributed by atoms with Gasteiger partial charge in [-0.2, -0.15) is 0 Å². The second kappa shape index (κ2) is 7.21. The number of carbonyl (C=O) groups excluding carboxylic acids is 1. The molecule has 0 aliphatic carbocycles. The molecule has 1 aromatic rings. The molecule has 1 aliphatic heterocycles. The van der Waals surface area contributed by atoms with Crippen LogP contribution in [-0.4, -0.2) is 5.91 Å². The van der Waals surface area contributed by atoms with Crippen LogP contribution in [0.2, 0.25) is 0 Å². The highest BCUT2D eigenvalue weighted by Crippen LogP contribution is 2.35. The second-order valence-electron chi connectivity index (χ2n) is 5.40. The van der Waals surface area contributed by atoms with Crippen LogP contribution in [0.4, 0.5) is 10.1 Å². The van der Waals surface area contributed by atoms with Crippen LogP contribution in [-0.2, 0) is 11.2 Å². The number of carbonyl (C=O) groups is 1. The largest absolute Gasteiger partial charge is 0.326 e. The van der Waals surface area contributed by atoms with Crippen molar-refractivity contribution in [2.24, 2.45) is 0 Å². The van der Waals surface area contributed by atoms with E-state index >= 15 is 0 Å². The van der Waals surface area contributed by atoms with Gasteiger partial charge < -0.3 is 5.32 Å². The third kappa shape index (κ3) is 3.81. The predicted molar refractivity (Wildman–Crippen MR) is 83.8 cm³/mol. The molecule has 2 rings (SSSR count). The number of benzene rings is 1. The lowest BCUT2D eigenvalue weighted by Gasteiger charge is -2.20. The second-order valence-corrected chi connectivity index (χ2v) is 6.50. The number of nitrogens with one attached hydrogen (secondary N) is 1. The molecule has 1 aromatic carbocycles. The molecule has 1 N–H and O–H groups in total. The summed E-state index contributed by atoms with van der Waals surface area (Å²) in [4.78, 5) is 11.4. The van der Waals surface area contributed by atoms with Crippen molar-refractivity contribution in [1.29, 1.82) is 0 Å². The van der Waals surface area contributed by atoms with E-state index in [2.05, 4.69) is 28.2 Å². The molecule has 20 heavy (non-hydrogen) atoms. The molecule has 4 heteroatoms. The maximum absolute atomic E-state index is 14.1. The highest BCUT2D eigenvalue weighted by Gasteiger charge is 2.20. The van der Waals surface area contributed by atoms with Crippen LogP contribution in [0.5, 0.6) is 0 Å². The first-order valence-corrected chi connectivity index (χ1v) is 8.29. The fourth-order valence-electron chi connectivity index (χ4n) is 2.57. The van der Waals surface area contributed by atoms with Crippen LogP contribution in [0.3, 0.4) is 0 Å². The molecule has 0 saturated carbocycles. The van der Waals surface area contributed by atoms with Crippen molar-refractivity contribution in [3.8, 4) is 0 Å². The average molecular weight is 342 g/mol. The Labute approximate surface area is 128 Å². The number of anilines is 1. The molecule has 2 nitrogen and oxygen atoms in total. The van der Waals surface area contributed by atoms with Gasteiger partial charge in [0.2, 0.25) is 5.91 Å². The van der Waals surface area contributed by atoms with Gasteiger partial charge in [0.15, 0.2) is 0 Å². The molecular weight excluding hydrogens is 321 g/mol. The molecule has 1 aliphatic rings. The van der Waals surface area contributed by atoms with Crippen molar-refractivity contribution in [2.75, 3.05) is 5.32 Å². The molecule has 1 unspecified atom stereocenters. The Balaban J connectivity index is 2.06. The van der Waals surface area contributed by atoms with Crippen LogP contribution in [0.1, 0.15) is 61.4 Å². The van der Waals surface area contributed by atoms with E-state index in [1.165, 1.54) is 25.3 Å². The Bertz CT molecular complexity index is 490. The van der Waals surface area contributed by atoms with Crippen molar-refractivity contribution in [2.45, 2.75) is 56.7 Å². The molecule has 0 fully saturated rings. The number of alkyl halides is 1. The SMILES string of the molecule is CCCCCCC(Br)c1cc2c(cc1F)NC(=O)CC2. The number of hydrogen-bond donors (Lipinski definition) is 1. The third-order valence-electron chi connectivity index (χ3n) is 3.77. The summed E-state index contributed by atoms with van der Waals surface area (Å²) in [7, 11) is 0. The molecule has 110 valence electrons. The van der Waals surface area contributed by atoms with Gasteiger partial charge in [-0.15, -0.1) is 0 Å². The van der Waals surface area contributed by atoms with Crippen molar-refractivity contribution in [3.63, 3.8) is 0 Å². The summed E-state index contributed by atoms with van der Waals surface area (Å²) in [5.41, 5.74) is 2.39. The van der Waals surface area contributed by atoms with Gasteiger partial charge in [0.05, 0.1) is 0 Å². The summed E-state index contributed by atoms with van der Waals surface area (Å²) in [6.45, 7) is 2.18. The number of hydrogen-bond acceptors (Lipinski definition) is 1. The number of rotatable bonds is 6. The lowest BCUT2D eigenvalue weighted by atomic mass is 9.97. The van der Waals surface area contributed by atoms with E-state index in [1.54, 1.807) is 0 Å². The van der Waals surface area contributed by atoms with Crippen LogP contribution in [0.15, 0.2) is 12.1 Å². The zero-order chi connectivity index (χ0) is 14.5. The fraction of sp³-hybridized carbons (Fsp3) is 0.562. The molecular formula is C16H21BrFNO. The van der Waals surface area contributed by atoms with Crippen molar-refractivity contribution in [1.82, 2.24) is 0 Å². The first kappa shape index (κ1) is 15.5. The number of halogens is 2. The highest BCUT2D eigenvalue weighted by atomic mass is 79.9. The van der Waals surface area contributed by atoms with Gasteiger partial charge in [-0.05, 0) is 30.5 Å². The minimum atomic E-state index is -0.233. The Hall–Kier alpha value is -0.900. The van der Waals surface area contributed by atoms with Crippen molar-refractivity contribution in [3.05, 3.63) is 29.1 Å². The molecule has 0 radical (unpaired) electrons.